The van der Waals surface area contributed by atoms with Gasteiger partial charge >= 0.3 is 0 Å². The molecule has 32 heavy (non-hydrogen) atoms. The van der Waals surface area contributed by atoms with Gasteiger partial charge in [-0.1, -0.05) is 68.8 Å². The summed E-state index contributed by atoms with van der Waals surface area (Å²) in [6.45, 7) is 25.9. The molecule has 2 aromatic carbocycles. The molecule has 3 aromatic rings. The Labute approximate surface area is 195 Å². The summed E-state index contributed by atoms with van der Waals surface area (Å²) in [5, 5.41) is 0. The van der Waals surface area contributed by atoms with E-state index in [-0.39, 0.29) is 10.8 Å². The average molecular weight is 430 g/mol. The number of hydrogen-bond donors (Lipinski definition) is 0. The second kappa shape index (κ2) is 7.33. The Morgan fingerprint density at radius 2 is 1.31 bits per heavy atom. The molecule has 2 heterocycles. The molecule has 0 fully saturated rings. The maximum absolute atomic E-state index is 2.61. The van der Waals surface area contributed by atoms with Crippen molar-refractivity contribution < 1.29 is 4.68 Å². The maximum atomic E-state index is 2.61. The van der Waals surface area contributed by atoms with Gasteiger partial charge in [0.2, 0.25) is 11.4 Å². The Morgan fingerprint density at radius 1 is 0.750 bits per heavy atom. The number of nitrogens with zero attached hydrogens (tertiary/aromatic N) is 2. The molecule has 2 nitrogen and oxygen atoms in total. The molecule has 0 bridgehead atoms. The molecule has 0 radical (unpaired) electrons. The van der Waals surface area contributed by atoms with E-state index in [1.807, 2.05) is 0 Å². The van der Waals surface area contributed by atoms with Crippen molar-refractivity contribution in [2.45, 2.75) is 99.0 Å². The Morgan fingerprint density at radius 3 is 1.84 bits per heavy atom. The minimum absolute atomic E-state index is 0.00578. The highest BCUT2D eigenvalue weighted by atomic mass is 15.4. The molecule has 1 aromatic heterocycles. The second-order valence-corrected chi connectivity index (χ2v) is 11.5. The lowest BCUT2D eigenvalue weighted by molar-refractivity contribution is -0.702. The number of aryl methyl sites for hydroxylation is 2. The van der Waals surface area contributed by atoms with Gasteiger partial charge in [0.25, 0.3) is 0 Å². The zero-order valence-corrected chi connectivity index (χ0v) is 22.0. The summed E-state index contributed by atoms with van der Waals surface area (Å²) >= 11 is 0. The minimum atomic E-state index is -0.0510. The van der Waals surface area contributed by atoms with Gasteiger partial charge in [-0.05, 0) is 71.1 Å². The SMILES string of the molecule is Cc1cccc(C)c1-c1c(C)n(C(C)C)[n+]2c1C(C)(C)C(C)(C)c1cccc(C(C)C)c1-2. The lowest BCUT2D eigenvalue weighted by Crippen LogP contribution is -2.59. The van der Waals surface area contributed by atoms with Crippen molar-refractivity contribution in [1.29, 1.82) is 0 Å². The van der Waals surface area contributed by atoms with Gasteiger partial charge in [-0.25, -0.2) is 0 Å². The third-order valence-corrected chi connectivity index (χ3v) is 8.32. The van der Waals surface area contributed by atoms with Crippen LogP contribution in [0.15, 0.2) is 36.4 Å². The zero-order valence-electron chi connectivity index (χ0n) is 22.0. The van der Waals surface area contributed by atoms with Crippen molar-refractivity contribution in [3.63, 3.8) is 0 Å². The minimum Gasteiger partial charge on any atom is -0.149 e. The van der Waals surface area contributed by atoms with Crippen molar-refractivity contribution >= 4 is 0 Å². The maximum Gasteiger partial charge on any atom is 0.243 e. The lowest BCUT2D eigenvalue weighted by Gasteiger charge is -2.43. The van der Waals surface area contributed by atoms with Crippen LogP contribution in [0.2, 0.25) is 0 Å². The topological polar surface area (TPSA) is 8.81 Å². The van der Waals surface area contributed by atoms with Crippen LogP contribution in [-0.2, 0) is 10.8 Å². The molecule has 2 heteroatoms. The van der Waals surface area contributed by atoms with Crippen LogP contribution in [0.3, 0.4) is 0 Å². The van der Waals surface area contributed by atoms with Crippen LogP contribution in [-0.4, -0.2) is 4.68 Å². The first-order valence-corrected chi connectivity index (χ1v) is 12.2. The van der Waals surface area contributed by atoms with E-state index in [1.165, 1.54) is 50.5 Å². The summed E-state index contributed by atoms with van der Waals surface area (Å²) < 4.78 is 5.16. The van der Waals surface area contributed by atoms with Crippen LogP contribution >= 0.6 is 0 Å². The van der Waals surface area contributed by atoms with Gasteiger partial charge in [-0.2, -0.15) is 0 Å². The molecule has 0 N–H and O–H groups in total. The third kappa shape index (κ3) is 2.87. The number of benzene rings is 2. The summed E-state index contributed by atoms with van der Waals surface area (Å²) in [5.74, 6) is 0.460. The monoisotopic (exact) mass is 429 g/mol. The molecule has 0 saturated heterocycles. The number of para-hydroxylation sites is 1. The molecular formula is C30H41N2+. The van der Waals surface area contributed by atoms with Crippen LogP contribution in [0, 0.1) is 20.8 Å². The van der Waals surface area contributed by atoms with Crippen molar-refractivity contribution in [3.8, 4) is 16.8 Å². The molecule has 0 saturated carbocycles. The van der Waals surface area contributed by atoms with Crippen LogP contribution in [0.4, 0.5) is 0 Å². The molecule has 0 atom stereocenters. The van der Waals surface area contributed by atoms with E-state index in [0.717, 1.165) is 0 Å². The van der Waals surface area contributed by atoms with Gasteiger partial charge in [0.05, 0.1) is 22.7 Å². The first-order chi connectivity index (χ1) is 14.8. The van der Waals surface area contributed by atoms with E-state index >= 15 is 0 Å². The van der Waals surface area contributed by atoms with Crippen LogP contribution < -0.4 is 4.68 Å². The zero-order chi connectivity index (χ0) is 23.7. The Bertz CT molecular complexity index is 1180. The van der Waals surface area contributed by atoms with Gasteiger partial charge in [0, 0.05) is 16.5 Å². The van der Waals surface area contributed by atoms with E-state index < -0.39 is 0 Å². The van der Waals surface area contributed by atoms with Crippen molar-refractivity contribution in [1.82, 2.24) is 4.68 Å². The molecule has 170 valence electrons. The molecule has 0 amide bonds. The van der Waals surface area contributed by atoms with Crippen molar-refractivity contribution in [2.75, 3.05) is 0 Å². The Hall–Kier alpha value is -2.35. The molecular weight excluding hydrogens is 388 g/mol. The van der Waals surface area contributed by atoms with Gasteiger partial charge < -0.3 is 0 Å². The highest BCUT2D eigenvalue weighted by molar-refractivity contribution is 5.76. The highest BCUT2D eigenvalue weighted by Crippen LogP contribution is 2.52. The predicted molar refractivity (Wildman–Crippen MR) is 136 cm³/mol. The highest BCUT2D eigenvalue weighted by Gasteiger charge is 2.57. The van der Waals surface area contributed by atoms with E-state index in [9.17, 15) is 0 Å². The van der Waals surface area contributed by atoms with Gasteiger partial charge in [-0.15, -0.1) is 4.68 Å². The molecule has 0 spiro atoms. The Kier molecular flexibility index (Phi) is 5.23. The Balaban J connectivity index is 2.30. The van der Waals surface area contributed by atoms with E-state index in [0.29, 0.717) is 12.0 Å². The van der Waals surface area contributed by atoms with Gasteiger partial charge in [-0.3, -0.25) is 0 Å². The van der Waals surface area contributed by atoms with Crippen molar-refractivity contribution in [2.24, 2.45) is 0 Å². The van der Waals surface area contributed by atoms with E-state index in [2.05, 4.69) is 122 Å². The second-order valence-electron chi connectivity index (χ2n) is 11.5. The standard InChI is InChI=1S/C30H41N2/c1-18(2)23-16-13-17-24-27(23)32-28(30(10,11)29(24,8)9)26(22(7)31(32)19(3)4)25-20(5)14-12-15-21(25)6/h12-19H,1-11H3/q+1. The summed E-state index contributed by atoms with van der Waals surface area (Å²) in [6, 6.07) is 14.0. The molecule has 1 aliphatic rings. The summed E-state index contributed by atoms with van der Waals surface area (Å²) in [7, 11) is 0. The van der Waals surface area contributed by atoms with Crippen LogP contribution in [0.1, 0.15) is 101 Å². The smallest absolute Gasteiger partial charge is 0.149 e. The third-order valence-electron chi connectivity index (χ3n) is 8.32. The predicted octanol–water partition coefficient (Wildman–Crippen LogP) is 7.63. The first-order valence-electron chi connectivity index (χ1n) is 12.2. The summed E-state index contributed by atoms with van der Waals surface area (Å²) in [5.41, 5.74) is 12.6. The van der Waals surface area contributed by atoms with E-state index in [4.69, 9.17) is 0 Å². The fraction of sp³-hybridized carbons (Fsp3) is 0.500. The molecule has 0 unspecified atom stereocenters. The van der Waals surface area contributed by atoms with Crippen LogP contribution in [0.25, 0.3) is 16.8 Å². The van der Waals surface area contributed by atoms with E-state index in [1.54, 1.807) is 0 Å². The first kappa shape index (κ1) is 22.8. The number of fused-ring (bicyclic) bond motifs is 3. The number of rotatable bonds is 3. The normalized spacial score (nSPS) is 16.4. The fourth-order valence-corrected chi connectivity index (χ4v) is 5.97. The number of aromatic nitrogens is 2. The van der Waals surface area contributed by atoms with Crippen molar-refractivity contribution in [3.05, 3.63) is 70.0 Å². The molecule has 4 rings (SSSR count). The van der Waals surface area contributed by atoms with Gasteiger partial charge in [0.1, 0.15) is 0 Å². The quantitative estimate of drug-likeness (QED) is 0.378. The number of hydrogen-bond acceptors (Lipinski definition) is 0. The van der Waals surface area contributed by atoms with Crippen LogP contribution in [0.5, 0.6) is 0 Å². The largest absolute Gasteiger partial charge is 0.243 e. The lowest BCUT2D eigenvalue weighted by atomic mass is 9.59. The molecule has 1 aliphatic heterocycles. The fourth-order valence-electron chi connectivity index (χ4n) is 5.97. The summed E-state index contributed by atoms with van der Waals surface area (Å²) in [4.78, 5) is 0. The summed E-state index contributed by atoms with van der Waals surface area (Å²) in [6.07, 6.45) is 0. The average Bonchev–Trinajstić information content (AvgIpc) is 3.00. The van der Waals surface area contributed by atoms with Gasteiger partial charge in [0.15, 0.2) is 0 Å². The molecule has 0 aliphatic carbocycles.